The predicted octanol–water partition coefficient (Wildman–Crippen LogP) is 9.78. The molecule has 0 N–H and O–H groups in total. The third kappa shape index (κ3) is 9.91. The Bertz CT molecular complexity index is 653. The minimum atomic E-state index is -4.13. The lowest BCUT2D eigenvalue weighted by molar-refractivity contribution is -0.127. The van der Waals surface area contributed by atoms with Crippen LogP contribution in [0.15, 0.2) is 24.3 Å². The molecule has 3 rings (SSSR count). The largest absolute Gasteiger partial charge is 0.393 e. The van der Waals surface area contributed by atoms with E-state index in [4.69, 9.17) is 4.74 Å². The van der Waals surface area contributed by atoms with E-state index in [-0.39, 0.29) is 0 Å². The number of alkyl halides is 3. The van der Waals surface area contributed by atoms with Gasteiger partial charge in [-0.05, 0) is 86.7 Å². The smallest absolute Gasteiger partial charge is 0.378 e. The summed E-state index contributed by atoms with van der Waals surface area (Å²) in [5.74, 6) is 2.19. The molecule has 0 heterocycles. The zero-order valence-corrected chi connectivity index (χ0v) is 21.4. The first-order valence-corrected chi connectivity index (χ1v) is 14.2. The number of unbranched alkanes of at least 4 members (excludes halogenated alkanes) is 7. The van der Waals surface area contributed by atoms with E-state index >= 15 is 0 Å². The van der Waals surface area contributed by atoms with E-state index in [1.165, 1.54) is 108 Å². The van der Waals surface area contributed by atoms with Gasteiger partial charge in [0.15, 0.2) is 0 Å². The van der Waals surface area contributed by atoms with Crippen molar-refractivity contribution in [2.24, 2.45) is 11.8 Å². The quantitative estimate of drug-likeness (QED) is 0.255. The monoisotopic (exact) mass is 480 g/mol. The molecule has 4 heteroatoms. The maximum Gasteiger partial charge on any atom is 0.393 e. The molecule has 0 bridgehead atoms. The van der Waals surface area contributed by atoms with Gasteiger partial charge in [0.25, 0.3) is 0 Å². The number of ether oxygens (including phenoxy) is 1. The molecule has 2 fully saturated rings. The Hall–Kier alpha value is -1.03. The van der Waals surface area contributed by atoms with Gasteiger partial charge in [-0.3, -0.25) is 0 Å². The maximum atomic E-state index is 12.6. The molecule has 34 heavy (non-hydrogen) atoms. The van der Waals surface area contributed by atoms with Crippen LogP contribution in [0.5, 0.6) is 0 Å². The Morgan fingerprint density at radius 1 is 0.706 bits per heavy atom. The highest BCUT2D eigenvalue weighted by molar-refractivity contribution is 5.26. The van der Waals surface area contributed by atoms with Crippen molar-refractivity contribution in [3.05, 3.63) is 35.4 Å². The molecule has 0 radical (unpaired) electrons. The molecule has 0 amide bonds. The fourth-order valence-electron chi connectivity index (χ4n) is 6.28. The van der Waals surface area contributed by atoms with Crippen molar-refractivity contribution >= 4 is 0 Å². The van der Waals surface area contributed by atoms with Crippen molar-refractivity contribution in [2.75, 3.05) is 6.61 Å². The molecule has 0 unspecified atom stereocenters. The fourth-order valence-corrected chi connectivity index (χ4v) is 6.28. The summed E-state index contributed by atoms with van der Waals surface area (Å²) >= 11 is 0. The minimum Gasteiger partial charge on any atom is -0.378 e. The van der Waals surface area contributed by atoms with Gasteiger partial charge in [-0.2, -0.15) is 13.2 Å². The lowest BCUT2D eigenvalue weighted by atomic mass is 9.69. The molecule has 2 aliphatic rings. The number of benzene rings is 1. The van der Waals surface area contributed by atoms with Crippen molar-refractivity contribution in [3.8, 4) is 0 Å². The predicted molar refractivity (Wildman–Crippen MR) is 135 cm³/mol. The topological polar surface area (TPSA) is 9.23 Å². The van der Waals surface area contributed by atoms with Crippen molar-refractivity contribution < 1.29 is 17.9 Å². The molecular weight excluding hydrogens is 433 g/mol. The van der Waals surface area contributed by atoms with Gasteiger partial charge < -0.3 is 4.74 Å². The molecule has 2 aliphatic carbocycles. The number of rotatable bonds is 13. The molecule has 0 atom stereocenters. The van der Waals surface area contributed by atoms with Crippen LogP contribution in [0.1, 0.15) is 127 Å². The van der Waals surface area contributed by atoms with Crippen LogP contribution >= 0.6 is 0 Å². The number of hydrogen-bond acceptors (Lipinski definition) is 1. The summed E-state index contributed by atoms with van der Waals surface area (Å²) in [7, 11) is 0. The Kier molecular flexibility index (Phi) is 11.8. The molecule has 2 saturated carbocycles. The van der Waals surface area contributed by atoms with Gasteiger partial charge in [0.05, 0.1) is 12.5 Å². The van der Waals surface area contributed by atoms with Gasteiger partial charge in [-0.25, -0.2) is 0 Å². The van der Waals surface area contributed by atoms with Gasteiger partial charge >= 0.3 is 6.18 Å². The first kappa shape index (κ1) is 27.6. The van der Waals surface area contributed by atoms with Crippen LogP contribution in [0.2, 0.25) is 0 Å². The van der Waals surface area contributed by atoms with Crippen LogP contribution in [0, 0.1) is 11.8 Å². The first-order valence-electron chi connectivity index (χ1n) is 14.2. The fraction of sp³-hybridized carbons (Fsp3) is 0.800. The highest BCUT2D eigenvalue weighted by atomic mass is 19.4. The summed E-state index contributed by atoms with van der Waals surface area (Å²) in [6.45, 7) is 3.21. The van der Waals surface area contributed by atoms with Crippen LogP contribution in [-0.2, 0) is 11.2 Å². The first-order chi connectivity index (χ1) is 16.4. The Balaban J connectivity index is 1.26. The highest BCUT2D eigenvalue weighted by Crippen LogP contribution is 2.43. The summed E-state index contributed by atoms with van der Waals surface area (Å²) in [5.41, 5.74) is 1.59. The van der Waals surface area contributed by atoms with Gasteiger partial charge in [-0.1, -0.05) is 76.1 Å². The second-order valence-electron chi connectivity index (χ2n) is 11.0. The highest BCUT2D eigenvalue weighted by Gasteiger charge is 2.32. The number of halogens is 3. The molecule has 0 aliphatic heterocycles. The summed E-state index contributed by atoms with van der Waals surface area (Å²) < 4.78 is 44.0. The lowest BCUT2D eigenvalue weighted by Gasteiger charge is -2.38. The van der Waals surface area contributed by atoms with E-state index < -0.39 is 12.6 Å². The second kappa shape index (κ2) is 14.5. The minimum absolute atomic E-state index is 0.367. The lowest BCUT2D eigenvalue weighted by Crippen LogP contribution is -2.28. The van der Waals surface area contributed by atoms with E-state index in [9.17, 15) is 13.2 Å². The molecule has 0 aromatic heterocycles. The summed E-state index contributed by atoms with van der Waals surface area (Å²) in [5, 5.41) is 0. The Labute approximate surface area is 206 Å². The van der Waals surface area contributed by atoms with Gasteiger partial charge in [0, 0.05) is 6.61 Å². The zero-order chi connectivity index (χ0) is 24.2. The third-order valence-electron chi connectivity index (χ3n) is 8.36. The molecule has 0 saturated heterocycles. The molecule has 194 valence electrons. The van der Waals surface area contributed by atoms with E-state index in [1.54, 1.807) is 12.1 Å². The van der Waals surface area contributed by atoms with Crippen LogP contribution in [0.4, 0.5) is 13.2 Å². The average Bonchev–Trinajstić information content (AvgIpc) is 2.83. The van der Waals surface area contributed by atoms with E-state index in [0.717, 1.165) is 18.4 Å². The number of hydrogen-bond donors (Lipinski definition) is 0. The van der Waals surface area contributed by atoms with Crippen LogP contribution in [-0.4, -0.2) is 18.9 Å². The van der Waals surface area contributed by atoms with Crippen LogP contribution < -0.4 is 0 Å². The van der Waals surface area contributed by atoms with Gasteiger partial charge in [-0.15, -0.1) is 0 Å². The van der Waals surface area contributed by atoms with E-state index in [1.807, 2.05) is 12.1 Å². The Morgan fingerprint density at radius 2 is 1.24 bits per heavy atom. The Morgan fingerprint density at radius 3 is 1.79 bits per heavy atom. The van der Waals surface area contributed by atoms with Gasteiger partial charge in [0.1, 0.15) is 0 Å². The van der Waals surface area contributed by atoms with Crippen LogP contribution in [0.25, 0.3) is 0 Å². The van der Waals surface area contributed by atoms with Crippen LogP contribution in [0.3, 0.4) is 0 Å². The van der Waals surface area contributed by atoms with E-state index in [0.29, 0.717) is 17.6 Å². The third-order valence-corrected chi connectivity index (χ3v) is 8.36. The van der Waals surface area contributed by atoms with Crippen molar-refractivity contribution in [1.29, 1.82) is 0 Å². The average molecular weight is 481 g/mol. The summed E-state index contributed by atoms with van der Waals surface area (Å²) in [4.78, 5) is 0. The van der Waals surface area contributed by atoms with Gasteiger partial charge in [0.2, 0.25) is 0 Å². The maximum absolute atomic E-state index is 12.6. The van der Waals surface area contributed by atoms with Crippen molar-refractivity contribution in [1.82, 2.24) is 0 Å². The SMILES string of the molecule is CCCCCCCCCCOC1CCC(C2CCC(c3ccc(CC(F)(F)F)cc3)CC2)CC1. The standard InChI is InChI=1S/C30H47F3O/c1-2-3-4-5-6-7-8-9-22-34-29-20-18-28(19-21-29)27-16-14-26(15-17-27)25-12-10-24(11-13-25)23-30(31,32)33/h10-13,26-29H,2-9,14-23H2,1H3. The van der Waals surface area contributed by atoms with E-state index in [2.05, 4.69) is 6.92 Å². The van der Waals surface area contributed by atoms with Crippen molar-refractivity contribution in [2.45, 2.75) is 134 Å². The summed E-state index contributed by atoms with van der Waals surface area (Å²) in [6, 6.07) is 7.20. The normalized spacial score (nSPS) is 26.0. The zero-order valence-electron chi connectivity index (χ0n) is 21.4. The molecule has 1 aromatic rings. The molecule has 1 aromatic carbocycles. The molecular formula is C30H47F3O. The summed E-state index contributed by atoms with van der Waals surface area (Å²) in [6.07, 6.45) is 16.3. The van der Waals surface area contributed by atoms with Crippen molar-refractivity contribution in [3.63, 3.8) is 0 Å². The molecule has 1 nitrogen and oxygen atoms in total. The molecule has 0 spiro atoms. The second-order valence-corrected chi connectivity index (χ2v) is 11.0.